The summed E-state index contributed by atoms with van der Waals surface area (Å²) in [6, 6.07) is 1.29. The van der Waals surface area contributed by atoms with Crippen molar-refractivity contribution in [2.75, 3.05) is 28.2 Å². The van der Waals surface area contributed by atoms with Crippen molar-refractivity contribution in [3.63, 3.8) is 0 Å². The smallest absolute Gasteiger partial charge is 0.205 e. The van der Waals surface area contributed by atoms with E-state index in [-0.39, 0.29) is 12.4 Å². The van der Waals surface area contributed by atoms with Crippen LogP contribution in [0.1, 0.15) is 25.7 Å². The molecule has 0 aromatic heterocycles. The SMILES string of the molecule is CN=C(NN)N[C@H]1CC[C@H]([N+](C)(C)C)CC1.[Cl-]. The number of hydrazine groups is 1. The third-order valence-corrected chi connectivity index (χ3v) is 3.49. The van der Waals surface area contributed by atoms with Crippen molar-refractivity contribution in [2.45, 2.75) is 37.8 Å². The van der Waals surface area contributed by atoms with Crippen LogP contribution in [0.4, 0.5) is 0 Å². The second-order valence-electron chi connectivity index (χ2n) is 5.48. The summed E-state index contributed by atoms with van der Waals surface area (Å²) >= 11 is 0. The van der Waals surface area contributed by atoms with Crippen LogP contribution < -0.4 is 29.0 Å². The van der Waals surface area contributed by atoms with Crippen LogP contribution in [-0.4, -0.2) is 50.7 Å². The highest BCUT2D eigenvalue weighted by Crippen LogP contribution is 2.24. The Hall–Kier alpha value is -0.520. The molecule has 1 aliphatic rings. The molecule has 0 heterocycles. The van der Waals surface area contributed by atoms with E-state index < -0.39 is 0 Å². The van der Waals surface area contributed by atoms with Crippen molar-refractivity contribution in [1.82, 2.24) is 10.7 Å². The highest BCUT2D eigenvalue weighted by atomic mass is 35.5. The maximum atomic E-state index is 5.35. The number of halogens is 1. The number of rotatable bonds is 2. The van der Waals surface area contributed by atoms with Crippen LogP contribution in [0.25, 0.3) is 0 Å². The van der Waals surface area contributed by atoms with E-state index in [4.69, 9.17) is 5.84 Å². The fourth-order valence-electron chi connectivity index (χ4n) is 2.36. The Kier molecular flexibility index (Phi) is 6.82. The summed E-state index contributed by atoms with van der Waals surface area (Å²) in [5.41, 5.74) is 2.58. The van der Waals surface area contributed by atoms with Crippen LogP contribution in [-0.2, 0) is 0 Å². The molecule has 0 unspecified atom stereocenters. The molecule has 0 aromatic carbocycles. The van der Waals surface area contributed by atoms with Gasteiger partial charge in [0.05, 0.1) is 27.2 Å². The Morgan fingerprint density at radius 2 is 1.71 bits per heavy atom. The zero-order valence-electron chi connectivity index (χ0n) is 11.3. The quantitative estimate of drug-likeness (QED) is 0.164. The molecule has 102 valence electrons. The number of guanidine groups is 1. The number of quaternary nitrogens is 1. The van der Waals surface area contributed by atoms with E-state index >= 15 is 0 Å². The van der Waals surface area contributed by atoms with Crippen molar-refractivity contribution < 1.29 is 16.9 Å². The Labute approximate surface area is 111 Å². The zero-order valence-corrected chi connectivity index (χ0v) is 12.1. The maximum Gasteiger partial charge on any atom is 0.205 e. The lowest BCUT2D eigenvalue weighted by molar-refractivity contribution is -0.897. The first kappa shape index (κ1) is 16.5. The molecule has 1 aliphatic carbocycles. The van der Waals surface area contributed by atoms with Gasteiger partial charge in [-0.3, -0.25) is 10.4 Å². The molecule has 17 heavy (non-hydrogen) atoms. The molecule has 1 saturated carbocycles. The van der Waals surface area contributed by atoms with Gasteiger partial charge in [0.2, 0.25) is 5.96 Å². The molecule has 0 aliphatic heterocycles. The minimum absolute atomic E-state index is 0. The van der Waals surface area contributed by atoms with Gasteiger partial charge in [-0.2, -0.15) is 0 Å². The minimum Gasteiger partial charge on any atom is -1.00 e. The van der Waals surface area contributed by atoms with Crippen molar-refractivity contribution in [3.05, 3.63) is 0 Å². The summed E-state index contributed by atoms with van der Waals surface area (Å²) in [7, 11) is 8.57. The summed E-state index contributed by atoms with van der Waals surface area (Å²) < 4.78 is 1.07. The first-order chi connectivity index (χ1) is 7.47. The molecule has 0 bridgehead atoms. The summed E-state index contributed by atoms with van der Waals surface area (Å²) in [6.45, 7) is 0. The minimum atomic E-state index is 0. The Bertz CT molecular complexity index is 241. The van der Waals surface area contributed by atoms with E-state index in [9.17, 15) is 0 Å². The second-order valence-corrected chi connectivity index (χ2v) is 5.48. The van der Waals surface area contributed by atoms with Gasteiger partial charge in [-0.15, -0.1) is 0 Å². The summed E-state index contributed by atoms with van der Waals surface area (Å²) in [6.07, 6.45) is 4.92. The van der Waals surface area contributed by atoms with Gasteiger partial charge >= 0.3 is 0 Å². The molecule has 4 N–H and O–H groups in total. The lowest BCUT2D eigenvalue weighted by Crippen LogP contribution is -3.00. The van der Waals surface area contributed by atoms with Gasteiger partial charge < -0.3 is 22.2 Å². The Balaban J connectivity index is 0.00000256. The van der Waals surface area contributed by atoms with Gasteiger partial charge in [0.1, 0.15) is 0 Å². The number of nitrogens with one attached hydrogen (secondary N) is 2. The van der Waals surface area contributed by atoms with Gasteiger partial charge in [-0.25, -0.2) is 5.84 Å². The van der Waals surface area contributed by atoms with E-state index in [0.717, 1.165) is 10.5 Å². The average Bonchev–Trinajstić information content (AvgIpc) is 2.25. The molecule has 0 radical (unpaired) electrons. The van der Waals surface area contributed by atoms with Crippen molar-refractivity contribution in [3.8, 4) is 0 Å². The molecule has 0 atom stereocenters. The van der Waals surface area contributed by atoms with Crippen LogP contribution in [0.3, 0.4) is 0 Å². The van der Waals surface area contributed by atoms with E-state index in [1.54, 1.807) is 7.05 Å². The highest BCUT2D eigenvalue weighted by Gasteiger charge is 2.29. The first-order valence-electron chi connectivity index (χ1n) is 5.98. The molecule has 1 rings (SSSR count). The van der Waals surface area contributed by atoms with Crippen molar-refractivity contribution in [1.29, 1.82) is 0 Å². The number of nitrogens with zero attached hydrogens (tertiary/aromatic N) is 2. The lowest BCUT2D eigenvalue weighted by atomic mass is 9.89. The average molecular weight is 264 g/mol. The Morgan fingerprint density at radius 1 is 1.18 bits per heavy atom. The first-order valence-corrected chi connectivity index (χ1v) is 5.98. The summed E-state index contributed by atoms with van der Waals surface area (Å²) in [5.74, 6) is 6.04. The van der Waals surface area contributed by atoms with Crippen molar-refractivity contribution >= 4 is 5.96 Å². The summed E-state index contributed by atoms with van der Waals surface area (Å²) in [5, 5.41) is 3.33. The summed E-state index contributed by atoms with van der Waals surface area (Å²) in [4.78, 5) is 4.03. The molecule has 1 fully saturated rings. The normalized spacial score (nSPS) is 26.1. The fourth-order valence-corrected chi connectivity index (χ4v) is 2.36. The predicted octanol–water partition coefficient (Wildman–Crippen LogP) is -2.95. The third-order valence-electron chi connectivity index (χ3n) is 3.49. The number of hydrogen-bond donors (Lipinski definition) is 3. The monoisotopic (exact) mass is 263 g/mol. The van der Waals surface area contributed by atoms with Crippen LogP contribution in [0, 0.1) is 0 Å². The zero-order chi connectivity index (χ0) is 12.2. The molecule has 0 aromatic rings. The van der Waals surface area contributed by atoms with Crippen LogP contribution in [0.5, 0.6) is 0 Å². The highest BCUT2D eigenvalue weighted by molar-refractivity contribution is 5.79. The van der Waals surface area contributed by atoms with Gasteiger partial charge in [-0.05, 0) is 12.8 Å². The van der Waals surface area contributed by atoms with E-state index in [0.29, 0.717) is 12.0 Å². The van der Waals surface area contributed by atoms with Crippen LogP contribution in [0.2, 0.25) is 0 Å². The molecular weight excluding hydrogens is 238 g/mol. The standard InChI is InChI=1S/C11H26N5.ClH/c1-13-11(15-12)14-9-5-7-10(8-6-9)16(2,3)4;/h9-10H,5-8,12H2,1-4H3,(H2,13,14,15);1H/q+1;/p-1/t9-,10-;. The fraction of sp³-hybridized carbons (Fsp3) is 0.909. The molecular formula is C11H26ClN5. The largest absolute Gasteiger partial charge is 1.00 e. The van der Waals surface area contributed by atoms with Gasteiger partial charge in [0.15, 0.2) is 0 Å². The maximum absolute atomic E-state index is 5.35. The number of hydrogen-bond acceptors (Lipinski definition) is 2. The van der Waals surface area contributed by atoms with Crippen LogP contribution >= 0.6 is 0 Å². The molecule has 0 amide bonds. The molecule has 5 nitrogen and oxygen atoms in total. The van der Waals surface area contributed by atoms with E-state index in [2.05, 4.69) is 36.9 Å². The molecule has 0 saturated heterocycles. The third kappa shape index (κ3) is 5.10. The van der Waals surface area contributed by atoms with Gasteiger partial charge in [-0.1, -0.05) is 0 Å². The van der Waals surface area contributed by atoms with E-state index in [1.165, 1.54) is 25.7 Å². The second kappa shape index (κ2) is 7.03. The molecule has 6 heteroatoms. The lowest BCUT2D eigenvalue weighted by Gasteiger charge is -2.39. The topological polar surface area (TPSA) is 62.4 Å². The van der Waals surface area contributed by atoms with Gasteiger partial charge in [0, 0.05) is 25.9 Å². The van der Waals surface area contributed by atoms with E-state index in [1.807, 2.05) is 0 Å². The number of nitrogens with two attached hydrogens (primary N) is 1. The van der Waals surface area contributed by atoms with Crippen LogP contribution in [0.15, 0.2) is 4.99 Å². The van der Waals surface area contributed by atoms with Gasteiger partial charge in [0.25, 0.3) is 0 Å². The van der Waals surface area contributed by atoms with Crippen molar-refractivity contribution in [2.24, 2.45) is 10.8 Å². The predicted molar refractivity (Wildman–Crippen MR) is 67.9 cm³/mol. The molecule has 0 spiro atoms. The Morgan fingerprint density at radius 3 is 2.06 bits per heavy atom. The number of aliphatic imine (C=N–C) groups is 1.